The second-order valence-corrected chi connectivity index (χ2v) is 5.21. The van der Waals surface area contributed by atoms with E-state index < -0.39 is 0 Å². The molecule has 0 fully saturated rings. The summed E-state index contributed by atoms with van der Waals surface area (Å²) in [6.45, 7) is 1.72. The van der Waals surface area contributed by atoms with E-state index in [9.17, 15) is 0 Å². The fourth-order valence-electron chi connectivity index (χ4n) is 1.39. The average Bonchev–Trinajstić information content (AvgIpc) is 2.42. The van der Waals surface area contributed by atoms with Gasteiger partial charge >= 0.3 is 0 Å². The first kappa shape index (κ1) is 13.3. The third-order valence-electron chi connectivity index (χ3n) is 2.26. The van der Waals surface area contributed by atoms with Gasteiger partial charge in [0.1, 0.15) is 0 Å². The second kappa shape index (κ2) is 7.36. The zero-order chi connectivity index (χ0) is 12.6. The molecular formula is C13H14ClN3S. The van der Waals surface area contributed by atoms with E-state index in [4.69, 9.17) is 11.6 Å². The molecule has 0 saturated heterocycles. The van der Waals surface area contributed by atoms with Crippen LogP contribution in [0.1, 0.15) is 5.69 Å². The topological polar surface area (TPSA) is 37.8 Å². The van der Waals surface area contributed by atoms with Gasteiger partial charge in [0, 0.05) is 31.2 Å². The van der Waals surface area contributed by atoms with Crippen molar-refractivity contribution in [3.63, 3.8) is 0 Å². The van der Waals surface area contributed by atoms with Crippen LogP contribution < -0.4 is 5.32 Å². The molecule has 5 heteroatoms. The standard InChI is InChI=1S/C13H14ClN3S/c14-11-4-5-13(17-9-11)18-8-7-15-10-12-3-1-2-6-16-12/h1-6,9,15H,7-8,10H2. The van der Waals surface area contributed by atoms with Crippen molar-refractivity contribution in [3.05, 3.63) is 53.4 Å². The Morgan fingerprint density at radius 3 is 2.83 bits per heavy atom. The molecule has 3 nitrogen and oxygen atoms in total. The Morgan fingerprint density at radius 2 is 2.11 bits per heavy atom. The highest BCUT2D eigenvalue weighted by molar-refractivity contribution is 7.99. The molecule has 1 N–H and O–H groups in total. The Hall–Kier alpha value is -1.10. The van der Waals surface area contributed by atoms with Gasteiger partial charge in [0.25, 0.3) is 0 Å². The van der Waals surface area contributed by atoms with Crippen LogP contribution in [0.4, 0.5) is 0 Å². The monoisotopic (exact) mass is 279 g/mol. The van der Waals surface area contributed by atoms with Crippen LogP contribution in [0.15, 0.2) is 47.8 Å². The first-order chi connectivity index (χ1) is 8.84. The quantitative estimate of drug-likeness (QED) is 0.652. The van der Waals surface area contributed by atoms with Crippen molar-refractivity contribution < 1.29 is 0 Å². The van der Waals surface area contributed by atoms with Gasteiger partial charge in [-0.1, -0.05) is 17.7 Å². The molecule has 0 aliphatic heterocycles. The van der Waals surface area contributed by atoms with Crippen molar-refractivity contribution in [1.82, 2.24) is 15.3 Å². The Kier molecular flexibility index (Phi) is 5.45. The van der Waals surface area contributed by atoms with Crippen molar-refractivity contribution in [3.8, 4) is 0 Å². The lowest BCUT2D eigenvalue weighted by Gasteiger charge is -2.04. The van der Waals surface area contributed by atoms with Gasteiger partial charge < -0.3 is 5.32 Å². The molecule has 0 aliphatic carbocycles. The third kappa shape index (κ3) is 4.64. The van der Waals surface area contributed by atoms with Gasteiger partial charge in [-0.15, -0.1) is 11.8 Å². The van der Waals surface area contributed by atoms with Crippen LogP contribution in [0.2, 0.25) is 5.02 Å². The van der Waals surface area contributed by atoms with E-state index in [0.717, 1.165) is 29.6 Å². The van der Waals surface area contributed by atoms with Crippen LogP contribution >= 0.6 is 23.4 Å². The summed E-state index contributed by atoms with van der Waals surface area (Å²) in [5, 5.41) is 5.02. The SMILES string of the molecule is Clc1ccc(SCCNCc2ccccn2)nc1. The number of nitrogens with one attached hydrogen (secondary N) is 1. The van der Waals surface area contributed by atoms with Crippen LogP contribution in [0.5, 0.6) is 0 Å². The molecular weight excluding hydrogens is 266 g/mol. The van der Waals surface area contributed by atoms with E-state index in [1.165, 1.54) is 0 Å². The summed E-state index contributed by atoms with van der Waals surface area (Å²) >= 11 is 7.48. The number of halogens is 1. The lowest BCUT2D eigenvalue weighted by molar-refractivity contribution is 0.715. The minimum absolute atomic E-state index is 0.674. The third-order valence-corrected chi connectivity index (χ3v) is 3.43. The lowest BCUT2D eigenvalue weighted by atomic mass is 10.3. The molecule has 0 aromatic carbocycles. The van der Waals surface area contributed by atoms with Gasteiger partial charge in [0.2, 0.25) is 0 Å². The molecule has 0 saturated carbocycles. The van der Waals surface area contributed by atoms with Gasteiger partial charge in [-0.3, -0.25) is 4.98 Å². The van der Waals surface area contributed by atoms with E-state index in [2.05, 4.69) is 15.3 Å². The number of thioether (sulfide) groups is 1. The zero-order valence-corrected chi connectivity index (χ0v) is 11.4. The minimum Gasteiger partial charge on any atom is -0.310 e. The molecule has 0 amide bonds. The first-order valence-corrected chi connectivity index (χ1v) is 7.06. The maximum Gasteiger partial charge on any atom is 0.0961 e. The van der Waals surface area contributed by atoms with Crippen LogP contribution in [-0.4, -0.2) is 22.3 Å². The van der Waals surface area contributed by atoms with Gasteiger partial charge in [0.15, 0.2) is 0 Å². The highest BCUT2D eigenvalue weighted by Crippen LogP contribution is 2.16. The second-order valence-electron chi connectivity index (χ2n) is 3.66. The van der Waals surface area contributed by atoms with E-state index in [-0.39, 0.29) is 0 Å². The van der Waals surface area contributed by atoms with Crippen molar-refractivity contribution >= 4 is 23.4 Å². The van der Waals surface area contributed by atoms with Crippen molar-refractivity contribution in [1.29, 1.82) is 0 Å². The lowest BCUT2D eigenvalue weighted by Crippen LogP contribution is -2.17. The van der Waals surface area contributed by atoms with Crippen LogP contribution in [0, 0.1) is 0 Å². The highest BCUT2D eigenvalue weighted by Gasteiger charge is 1.96. The van der Waals surface area contributed by atoms with Gasteiger partial charge in [0.05, 0.1) is 15.7 Å². The van der Waals surface area contributed by atoms with Crippen molar-refractivity contribution in [2.75, 3.05) is 12.3 Å². The van der Waals surface area contributed by atoms with Crippen molar-refractivity contribution in [2.45, 2.75) is 11.6 Å². The maximum absolute atomic E-state index is 5.77. The Balaban J connectivity index is 1.63. The van der Waals surface area contributed by atoms with E-state index in [0.29, 0.717) is 5.02 Å². The van der Waals surface area contributed by atoms with Crippen LogP contribution in [0.3, 0.4) is 0 Å². The fraction of sp³-hybridized carbons (Fsp3) is 0.231. The van der Waals surface area contributed by atoms with Gasteiger partial charge in [-0.2, -0.15) is 0 Å². The van der Waals surface area contributed by atoms with E-state index in [1.54, 1.807) is 18.0 Å². The normalized spacial score (nSPS) is 10.5. The Bertz CT molecular complexity index is 461. The number of pyridine rings is 2. The molecule has 2 aromatic heterocycles. The van der Waals surface area contributed by atoms with Gasteiger partial charge in [-0.05, 0) is 24.3 Å². The molecule has 0 aliphatic rings. The molecule has 94 valence electrons. The minimum atomic E-state index is 0.674. The molecule has 0 atom stereocenters. The molecule has 2 rings (SSSR count). The van der Waals surface area contributed by atoms with E-state index in [1.807, 2.05) is 36.5 Å². The van der Waals surface area contributed by atoms with Crippen LogP contribution in [-0.2, 0) is 6.54 Å². The van der Waals surface area contributed by atoms with Gasteiger partial charge in [-0.25, -0.2) is 4.98 Å². The molecule has 0 spiro atoms. The zero-order valence-electron chi connectivity index (χ0n) is 9.84. The van der Waals surface area contributed by atoms with E-state index >= 15 is 0 Å². The molecule has 18 heavy (non-hydrogen) atoms. The molecule has 0 bridgehead atoms. The summed E-state index contributed by atoms with van der Waals surface area (Å²) in [5.74, 6) is 0.974. The summed E-state index contributed by atoms with van der Waals surface area (Å²) in [4.78, 5) is 8.47. The number of rotatable bonds is 6. The largest absolute Gasteiger partial charge is 0.310 e. The van der Waals surface area contributed by atoms with Crippen molar-refractivity contribution in [2.24, 2.45) is 0 Å². The fourth-order valence-corrected chi connectivity index (χ4v) is 2.25. The predicted molar refractivity (Wildman–Crippen MR) is 75.9 cm³/mol. The predicted octanol–water partition coefficient (Wildman–Crippen LogP) is 3.01. The summed E-state index contributed by atoms with van der Waals surface area (Å²) in [6, 6.07) is 9.73. The maximum atomic E-state index is 5.77. The first-order valence-electron chi connectivity index (χ1n) is 5.69. The Labute approximate surface area is 116 Å². The summed E-state index contributed by atoms with van der Waals surface area (Å²) in [7, 11) is 0. The summed E-state index contributed by atoms with van der Waals surface area (Å²) in [6.07, 6.45) is 3.48. The summed E-state index contributed by atoms with van der Waals surface area (Å²) in [5.41, 5.74) is 1.06. The molecule has 2 aromatic rings. The number of aromatic nitrogens is 2. The van der Waals surface area contributed by atoms with Crippen LogP contribution in [0.25, 0.3) is 0 Å². The number of hydrogen-bond acceptors (Lipinski definition) is 4. The number of hydrogen-bond donors (Lipinski definition) is 1. The highest BCUT2D eigenvalue weighted by atomic mass is 35.5. The molecule has 2 heterocycles. The summed E-state index contributed by atoms with van der Waals surface area (Å²) < 4.78 is 0. The molecule has 0 unspecified atom stereocenters. The molecule has 0 radical (unpaired) electrons. The smallest absolute Gasteiger partial charge is 0.0961 e. The number of nitrogens with zero attached hydrogens (tertiary/aromatic N) is 2. The Morgan fingerprint density at radius 1 is 1.17 bits per heavy atom. The average molecular weight is 280 g/mol.